The predicted molar refractivity (Wildman–Crippen MR) is 118 cm³/mol. The Morgan fingerprint density at radius 3 is 2.77 bits per heavy atom. The quantitative estimate of drug-likeness (QED) is 0.502. The van der Waals surface area contributed by atoms with Crippen molar-refractivity contribution in [1.82, 2.24) is 34.5 Å². The minimum Gasteiger partial charge on any atom is -0.317 e. The van der Waals surface area contributed by atoms with E-state index >= 15 is 0 Å². The Balaban J connectivity index is 1.58. The minimum absolute atomic E-state index is 0.462. The fourth-order valence-electron chi connectivity index (χ4n) is 3.91. The largest absolute Gasteiger partial charge is 0.317 e. The first-order valence-corrected chi connectivity index (χ1v) is 10.9. The van der Waals surface area contributed by atoms with Crippen molar-refractivity contribution in [2.24, 2.45) is 12.0 Å². The Morgan fingerprint density at radius 1 is 1.13 bits per heavy atom. The maximum atomic E-state index is 4.67. The van der Waals surface area contributed by atoms with Gasteiger partial charge in [-0.1, -0.05) is 11.8 Å². The number of pyridine rings is 1. The molecule has 5 heterocycles. The van der Waals surface area contributed by atoms with E-state index in [1.165, 1.54) is 0 Å². The highest BCUT2D eigenvalue weighted by atomic mass is 32.2. The summed E-state index contributed by atoms with van der Waals surface area (Å²) in [5.74, 6) is 0. The minimum atomic E-state index is 0.462. The second-order valence-corrected chi connectivity index (χ2v) is 8.52. The molecule has 1 aliphatic heterocycles. The summed E-state index contributed by atoms with van der Waals surface area (Å²) in [4.78, 5) is 5.31. The number of nitrogens with zero attached hydrogens (tertiary/aromatic N) is 7. The molecule has 0 bridgehead atoms. The summed E-state index contributed by atoms with van der Waals surface area (Å²) >= 11 is 1.68. The molecular formula is C21H24N8S. The molecule has 1 aliphatic rings. The highest BCUT2D eigenvalue weighted by Crippen LogP contribution is 2.35. The molecule has 1 saturated heterocycles. The van der Waals surface area contributed by atoms with Crippen molar-refractivity contribution < 1.29 is 0 Å². The standard InChI is InChI=1S/C21H24N8S/c1-22-10-16-11-26-29-13-15(9-19(21(16)29)30-20-5-8-24-27(20)2)17-12-25-28(14-17)18-3-6-23-7-4-18/h5,8-14,18,23H,3-4,6-7H2,1-2H3/b22-10-. The number of aliphatic imine (C=N–C) groups is 1. The lowest BCUT2D eigenvalue weighted by Crippen LogP contribution is -2.29. The molecule has 1 N–H and O–H groups in total. The van der Waals surface area contributed by atoms with Gasteiger partial charge in [-0.05, 0) is 38.1 Å². The van der Waals surface area contributed by atoms with Crippen molar-refractivity contribution in [3.63, 3.8) is 0 Å². The Hall–Kier alpha value is -2.91. The Kier molecular flexibility index (Phi) is 5.14. The molecule has 5 rings (SSSR count). The molecule has 0 saturated carbocycles. The average Bonchev–Trinajstić information content (AvgIpc) is 3.50. The van der Waals surface area contributed by atoms with E-state index in [9.17, 15) is 0 Å². The van der Waals surface area contributed by atoms with Crippen LogP contribution in [0.15, 0.2) is 58.0 Å². The molecule has 0 amide bonds. The number of nitrogens with one attached hydrogen (secondary N) is 1. The smallest absolute Gasteiger partial charge is 0.0984 e. The summed E-state index contributed by atoms with van der Waals surface area (Å²) in [6, 6.07) is 4.70. The zero-order valence-corrected chi connectivity index (χ0v) is 17.9. The van der Waals surface area contributed by atoms with Gasteiger partial charge in [-0.25, -0.2) is 4.52 Å². The Bertz CT molecular complexity index is 1200. The van der Waals surface area contributed by atoms with E-state index in [0.29, 0.717) is 6.04 Å². The number of hydrogen-bond acceptors (Lipinski definition) is 6. The maximum absolute atomic E-state index is 4.67. The number of aryl methyl sites for hydroxylation is 1. The lowest BCUT2D eigenvalue weighted by atomic mass is 10.1. The van der Waals surface area contributed by atoms with E-state index in [0.717, 1.165) is 58.1 Å². The third-order valence-electron chi connectivity index (χ3n) is 5.48. The van der Waals surface area contributed by atoms with Crippen LogP contribution < -0.4 is 5.32 Å². The van der Waals surface area contributed by atoms with Gasteiger partial charge in [0.2, 0.25) is 0 Å². The molecule has 30 heavy (non-hydrogen) atoms. The Labute approximate surface area is 179 Å². The van der Waals surface area contributed by atoms with E-state index in [1.807, 2.05) is 47.1 Å². The van der Waals surface area contributed by atoms with Gasteiger partial charge in [-0.2, -0.15) is 15.3 Å². The topological polar surface area (TPSA) is 77.3 Å². The Morgan fingerprint density at radius 2 is 2.00 bits per heavy atom. The molecule has 4 aromatic heterocycles. The van der Waals surface area contributed by atoms with Gasteiger partial charge in [-0.3, -0.25) is 14.4 Å². The first-order valence-electron chi connectivity index (χ1n) is 10.1. The molecule has 4 aromatic rings. The van der Waals surface area contributed by atoms with E-state index in [2.05, 4.69) is 48.7 Å². The third-order valence-corrected chi connectivity index (χ3v) is 6.62. The number of hydrogen-bond donors (Lipinski definition) is 1. The normalized spacial score (nSPS) is 15.5. The van der Waals surface area contributed by atoms with Gasteiger partial charge in [0.15, 0.2) is 0 Å². The number of rotatable bonds is 5. The second-order valence-electron chi connectivity index (χ2n) is 7.46. The molecule has 0 aromatic carbocycles. The van der Waals surface area contributed by atoms with Crippen LogP contribution in [0.1, 0.15) is 24.4 Å². The monoisotopic (exact) mass is 420 g/mol. The van der Waals surface area contributed by atoms with Crippen molar-refractivity contribution in [2.75, 3.05) is 20.1 Å². The molecule has 154 valence electrons. The van der Waals surface area contributed by atoms with Gasteiger partial charge in [0.1, 0.15) is 0 Å². The van der Waals surface area contributed by atoms with Crippen LogP contribution in [-0.2, 0) is 7.05 Å². The zero-order chi connectivity index (χ0) is 20.5. The molecular weight excluding hydrogens is 396 g/mol. The van der Waals surface area contributed by atoms with Crippen molar-refractivity contribution in [3.05, 3.63) is 48.7 Å². The van der Waals surface area contributed by atoms with Crippen molar-refractivity contribution >= 4 is 23.5 Å². The molecule has 0 unspecified atom stereocenters. The molecule has 0 atom stereocenters. The third kappa shape index (κ3) is 3.54. The van der Waals surface area contributed by atoms with E-state index in [-0.39, 0.29) is 0 Å². The van der Waals surface area contributed by atoms with Crippen LogP contribution in [0.2, 0.25) is 0 Å². The summed E-state index contributed by atoms with van der Waals surface area (Å²) in [7, 11) is 3.73. The molecule has 9 heteroatoms. The summed E-state index contributed by atoms with van der Waals surface area (Å²) in [6.45, 7) is 2.10. The van der Waals surface area contributed by atoms with Gasteiger partial charge in [0.25, 0.3) is 0 Å². The second kappa shape index (κ2) is 8.08. The lowest BCUT2D eigenvalue weighted by Gasteiger charge is -2.22. The lowest BCUT2D eigenvalue weighted by molar-refractivity contribution is 0.343. The van der Waals surface area contributed by atoms with Crippen LogP contribution in [0, 0.1) is 0 Å². The summed E-state index contributed by atoms with van der Waals surface area (Å²) in [5, 5.41) is 18.0. The van der Waals surface area contributed by atoms with Crippen LogP contribution in [0.3, 0.4) is 0 Å². The molecule has 1 fully saturated rings. The van der Waals surface area contributed by atoms with E-state index in [4.69, 9.17) is 0 Å². The number of piperidine rings is 1. The number of fused-ring (bicyclic) bond motifs is 1. The highest BCUT2D eigenvalue weighted by Gasteiger charge is 2.18. The van der Waals surface area contributed by atoms with Gasteiger partial charge >= 0.3 is 0 Å². The van der Waals surface area contributed by atoms with Gasteiger partial charge in [0.05, 0.1) is 35.2 Å². The maximum Gasteiger partial charge on any atom is 0.0984 e. The van der Waals surface area contributed by atoms with Crippen molar-refractivity contribution in [2.45, 2.75) is 28.8 Å². The highest BCUT2D eigenvalue weighted by molar-refractivity contribution is 7.99. The van der Waals surface area contributed by atoms with Gasteiger partial charge in [0, 0.05) is 54.3 Å². The first kappa shape index (κ1) is 19.1. The fourth-order valence-corrected chi connectivity index (χ4v) is 4.94. The fraction of sp³-hybridized carbons (Fsp3) is 0.333. The van der Waals surface area contributed by atoms with Gasteiger partial charge in [-0.15, -0.1) is 0 Å². The van der Waals surface area contributed by atoms with Crippen LogP contribution >= 0.6 is 11.8 Å². The summed E-state index contributed by atoms with van der Waals surface area (Å²) in [6.07, 6.45) is 13.9. The van der Waals surface area contributed by atoms with E-state index < -0.39 is 0 Å². The van der Waals surface area contributed by atoms with Crippen LogP contribution in [0.25, 0.3) is 16.6 Å². The summed E-state index contributed by atoms with van der Waals surface area (Å²) in [5.41, 5.74) is 4.24. The predicted octanol–water partition coefficient (Wildman–Crippen LogP) is 3.06. The van der Waals surface area contributed by atoms with Gasteiger partial charge < -0.3 is 5.32 Å². The van der Waals surface area contributed by atoms with Crippen LogP contribution in [0.5, 0.6) is 0 Å². The van der Waals surface area contributed by atoms with E-state index in [1.54, 1.807) is 18.8 Å². The average molecular weight is 421 g/mol. The molecule has 8 nitrogen and oxygen atoms in total. The zero-order valence-electron chi connectivity index (χ0n) is 17.1. The van der Waals surface area contributed by atoms with Crippen LogP contribution in [-0.4, -0.2) is 55.5 Å². The van der Waals surface area contributed by atoms with Crippen molar-refractivity contribution in [1.29, 1.82) is 0 Å². The molecule has 0 radical (unpaired) electrons. The van der Waals surface area contributed by atoms with Crippen LogP contribution in [0.4, 0.5) is 0 Å². The molecule has 0 spiro atoms. The number of aromatic nitrogens is 6. The first-order chi connectivity index (χ1) is 14.7. The molecule has 0 aliphatic carbocycles. The summed E-state index contributed by atoms with van der Waals surface area (Å²) < 4.78 is 5.94. The van der Waals surface area contributed by atoms with Crippen molar-refractivity contribution in [3.8, 4) is 11.1 Å². The SMILES string of the molecule is C/N=C\c1cnn2cc(-c3cnn(C4CCNCC4)c3)cc(Sc3ccnn3C)c12.